The standard InChI is InChI=1S/C7H14Cl2N2O2/c1-2-13-7(12)10-11(5-3-8)6-4-9/h2-6H2,1H3,(H,10,12). The molecule has 0 saturated carbocycles. The third kappa shape index (κ3) is 6.93. The number of hydrogen-bond donors (Lipinski definition) is 1. The Morgan fingerprint density at radius 1 is 1.38 bits per heavy atom. The molecule has 6 heteroatoms. The summed E-state index contributed by atoms with van der Waals surface area (Å²) >= 11 is 11.0. The first-order valence-electron chi connectivity index (χ1n) is 4.04. The van der Waals surface area contributed by atoms with Gasteiger partial charge in [-0.3, -0.25) is 5.43 Å². The molecule has 0 saturated heterocycles. The van der Waals surface area contributed by atoms with E-state index in [-0.39, 0.29) is 0 Å². The predicted octanol–water partition coefficient (Wildman–Crippen LogP) is 1.43. The van der Waals surface area contributed by atoms with E-state index in [4.69, 9.17) is 23.2 Å². The Morgan fingerprint density at radius 3 is 2.31 bits per heavy atom. The molecule has 0 fully saturated rings. The maximum atomic E-state index is 10.9. The van der Waals surface area contributed by atoms with Gasteiger partial charge in [-0.25, -0.2) is 9.80 Å². The largest absolute Gasteiger partial charge is 0.449 e. The Hall–Kier alpha value is -0.190. The van der Waals surface area contributed by atoms with Crippen LogP contribution in [0.1, 0.15) is 6.92 Å². The van der Waals surface area contributed by atoms with Crippen molar-refractivity contribution >= 4 is 29.3 Å². The zero-order valence-electron chi connectivity index (χ0n) is 7.56. The van der Waals surface area contributed by atoms with E-state index in [9.17, 15) is 4.79 Å². The minimum Gasteiger partial charge on any atom is -0.449 e. The van der Waals surface area contributed by atoms with Gasteiger partial charge in [-0.05, 0) is 6.92 Å². The number of hydrogen-bond acceptors (Lipinski definition) is 3. The number of ether oxygens (including phenoxy) is 1. The van der Waals surface area contributed by atoms with Gasteiger partial charge in [0, 0.05) is 24.8 Å². The predicted molar refractivity (Wildman–Crippen MR) is 53.2 cm³/mol. The van der Waals surface area contributed by atoms with Crippen LogP contribution in [0.5, 0.6) is 0 Å². The van der Waals surface area contributed by atoms with Gasteiger partial charge in [0.1, 0.15) is 0 Å². The lowest BCUT2D eigenvalue weighted by molar-refractivity contribution is 0.114. The van der Waals surface area contributed by atoms with Crippen molar-refractivity contribution in [3.05, 3.63) is 0 Å². The number of alkyl halides is 2. The van der Waals surface area contributed by atoms with Crippen molar-refractivity contribution in [2.75, 3.05) is 31.5 Å². The number of nitrogens with zero attached hydrogens (tertiary/aromatic N) is 1. The Balaban J connectivity index is 3.71. The number of amides is 1. The van der Waals surface area contributed by atoms with Gasteiger partial charge in [0.2, 0.25) is 0 Å². The second kappa shape index (κ2) is 8.41. The average molecular weight is 229 g/mol. The molecule has 78 valence electrons. The van der Waals surface area contributed by atoms with Crippen LogP contribution in [0.2, 0.25) is 0 Å². The van der Waals surface area contributed by atoms with E-state index in [0.717, 1.165) is 0 Å². The third-order valence-corrected chi connectivity index (χ3v) is 1.57. The molecule has 1 N–H and O–H groups in total. The van der Waals surface area contributed by atoms with E-state index in [2.05, 4.69) is 10.2 Å². The zero-order chi connectivity index (χ0) is 10.1. The summed E-state index contributed by atoms with van der Waals surface area (Å²) in [5.41, 5.74) is 2.52. The highest BCUT2D eigenvalue weighted by Crippen LogP contribution is 1.89. The summed E-state index contributed by atoms with van der Waals surface area (Å²) < 4.78 is 4.69. The molecule has 13 heavy (non-hydrogen) atoms. The molecule has 4 nitrogen and oxygen atoms in total. The van der Waals surface area contributed by atoms with E-state index in [1.54, 1.807) is 11.9 Å². The van der Waals surface area contributed by atoms with Gasteiger partial charge in [-0.15, -0.1) is 23.2 Å². The molecule has 0 radical (unpaired) electrons. The fourth-order valence-electron chi connectivity index (χ4n) is 0.720. The fraction of sp³-hybridized carbons (Fsp3) is 0.857. The van der Waals surface area contributed by atoms with Gasteiger partial charge in [0.25, 0.3) is 0 Å². The van der Waals surface area contributed by atoms with Crippen molar-refractivity contribution in [2.45, 2.75) is 6.92 Å². The topological polar surface area (TPSA) is 41.6 Å². The van der Waals surface area contributed by atoms with Gasteiger partial charge >= 0.3 is 6.09 Å². The average Bonchev–Trinajstić information content (AvgIpc) is 2.05. The zero-order valence-corrected chi connectivity index (χ0v) is 9.07. The molecule has 0 aliphatic rings. The van der Waals surface area contributed by atoms with E-state index in [1.807, 2.05) is 0 Å². The number of halogens is 2. The van der Waals surface area contributed by atoms with Crippen molar-refractivity contribution in [2.24, 2.45) is 0 Å². The minimum atomic E-state index is -0.474. The van der Waals surface area contributed by atoms with Gasteiger partial charge < -0.3 is 4.74 Å². The maximum Gasteiger partial charge on any atom is 0.421 e. The highest BCUT2D eigenvalue weighted by atomic mass is 35.5. The van der Waals surface area contributed by atoms with E-state index >= 15 is 0 Å². The monoisotopic (exact) mass is 228 g/mol. The molecule has 0 rings (SSSR count). The minimum absolute atomic E-state index is 0.349. The molecule has 0 aromatic carbocycles. The molecular weight excluding hydrogens is 215 g/mol. The summed E-state index contributed by atoms with van der Waals surface area (Å²) in [5, 5.41) is 1.62. The third-order valence-electron chi connectivity index (χ3n) is 1.23. The summed E-state index contributed by atoms with van der Waals surface area (Å²) in [4.78, 5) is 10.9. The second-order valence-electron chi connectivity index (χ2n) is 2.20. The Morgan fingerprint density at radius 2 is 1.92 bits per heavy atom. The Bertz CT molecular complexity index is 140. The first kappa shape index (κ1) is 12.8. The maximum absolute atomic E-state index is 10.9. The number of hydrazine groups is 1. The molecule has 0 spiro atoms. The number of nitrogens with one attached hydrogen (secondary N) is 1. The molecule has 0 heterocycles. The van der Waals surface area contributed by atoms with Crippen molar-refractivity contribution in [1.29, 1.82) is 0 Å². The van der Waals surface area contributed by atoms with Crippen LogP contribution in [0.4, 0.5) is 4.79 Å². The summed E-state index contributed by atoms with van der Waals surface area (Å²) in [6, 6.07) is 0. The number of rotatable bonds is 6. The summed E-state index contributed by atoms with van der Waals surface area (Å²) in [6.45, 7) is 3.19. The number of carbonyl (C=O) groups is 1. The molecule has 0 aliphatic heterocycles. The van der Waals surface area contributed by atoms with Crippen LogP contribution in [0.15, 0.2) is 0 Å². The van der Waals surface area contributed by atoms with Gasteiger partial charge in [0.15, 0.2) is 0 Å². The molecule has 0 aromatic rings. The highest BCUT2D eigenvalue weighted by molar-refractivity contribution is 6.18. The van der Waals surface area contributed by atoms with Crippen LogP contribution in [-0.2, 0) is 4.74 Å². The first-order chi connectivity index (χ1) is 6.24. The lowest BCUT2D eigenvalue weighted by atomic mass is 10.6. The van der Waals surface area contributed by atoms with Crippen LogP contribution in [0.25, 0.3) is 0 Å². The smallest absolute Gasteiger partial charge is 0.421 e. The molecule has 0 unspecified atom stereocenters. The van der Waals surface area contributed by atoms with Crippen LogP contribution in [0.3, 0.4) is 0 Å². The lowest BCUT2D eigenvalue weighted by Gasteiger charge is -2.20. The van der Waals surface area contributed by atoms with Crippen molar-refractivity contribution in [3.8, 4) is 0 Å². The normalized spacial score (nSPS) is 10.2. The molecule has 0 atom stereocenters. The number of carbonyl (C=O) groups excluding carboxylic acids is 1. The van der Waals surface area contributed by atoms with Gasteiger partial charge in [-0.1, -0.05) is 0 Å². The SMILES string of the molecule is CCOC(=O)NN(CCCl)CCCl. The molecule has 0 aromatic heterocycles. The van der Waals surface area contributed by atoms with Crippen LogP contribution < -0.4 is 5.43 Å². The van der Waals surface area contributed by atoms with Gasteiger partial charge in [0.05, 0.1) is 6.61 Å². The molecule has 1 amide bonds. The van der Waals surface area contributed by atoms with E-state index in [0.29, 0.717) is 31.5 Å². The summed E-state index contributed by atoms with van der Waals surface area (Å²) in [5.74, 6) is 0.868. The van der Waals surface area contributed by atoms with Crippen LogP contribution in [-0.4, -0.2) is 42.6 Å². The molecule has 0 bridgehead atoms. The van der Waals surface area contributed by atoms with E-state index in [1.165, 1.54) is 0 Å². The van der Waals surface area contributed by atoms with Crippen LogP contribution >= 0.6 is 23.2 Å². The van der Waals surface area contributed by atoms with Crippen molar-refractivity contribution < 1.29 is 9.53 Å². The summed E-state index contributed by atoms with van der Waals surface area (Å²) in [6.07, 6.45) is -0.474. The van der Waals surface area contributed by atoms with Crippen LogP contribution in [0, 0.1) is 0 Å². The van der Waals surface area contributed by atoms with Crippen molar-refractivity contribution in [1.82, 2.24) is 10.4 Å². The second-order valence-corrected chi connectivity index (χ2v) is 2.95. The molecular formula is C7H14Cl2N2O2. The lowest BCUT2D eigenvalue weighted by Crippen LogP contribution is -2.44. The molecule has 0 aliphatic carbocycles. The Labute approximate surface area is 88.1 Å². The highest BCUT2D eigenvalue weighted by Gasteiger charge is 2.07. The van der Waals surface area contributed by atoms with E-state index < -0.39 is 6.09 Å². The first-order valence-corrected chi connectivity index (χ1v) is 5.11. The van der Waals surface area contributed by atoms with Gasteiger partial charge in [-0.2, -0.15) is 0 Å². The fourth-order valence-corrected chi connectivity index (χ4v) is 1.13. The van der Waals surface area contributed by atoms with Crippen molar-refractivity contribution in [3.63, 3.8) is 0 Å². The summed E-state index contributed by atoms with van der Waals surface area (Å²) in [7, 11) is 0. The Kier molecular flexibility index (Phi) is 8.29. The quantitative estimate of drug-likeness (QED) is 0.553.